The lowest BCUT2D eigenvalue weighted by molar-refractivity contribution is -0.160. The number of nitrogens with zero attached hydrogens (tertiary/aromatic N) is 1. The average molecular weight is 479 g/mol. The van der Waals surface area contributed by atoms with Gasteiger partial charge in [0.25, 0.3) is 5.91 Å². The van der Waals surface area contributed by atoms with E-state index in [0.717, 1.165) is 16.9 Å². The number of allylic oxidation sites excluding steroid dienone is 2. The van der Waals surface area contributed by atoms with Crippen molar-refractivity contribution in [3.63, 3.8) is 0 Å². The number of carbonyl (C=O) groups is 4. The number of imide groups is 1. The molecule has 0 radical (unpaired) electrons. The van der Waals surface area contributed by atoms with Crippen LogP contribution in [0, 0.1) is 23.7 Å². The number of fused-ring (bicyclic) bond motifs is 5. The Kier molecular flexibility index (Phi) is 5.96. The summed E-state index contributed by atoms with van der Waals surface area (Å²) in [5, 5.41) is 3.15. The number of halogens is 1. The van der Waals surface area contributed by atoms with Gasteiger partial charge in [0.1, 0.15) is 6.04 Å². The van der Waals surface area contributed by atoms with Gasteiger partial charge in [-0.05, 0) is 48.1 Å². The zero-order valence-electron chi connectivity index (χ0n) is 18.2. The molecule has 2 aliphatic carbocycles. The van der Waals surface area contributed by atoms with Crippen molar-refractivity contribution in [1.82, 2.24) is 4.90 Å². The van der Waals surface area contributed by atoms with Crippen LogP contribution in [0.15, 0.2) is 66.7 Å². The van der Waals surface area contributed by atoms with Crippen molar-refractivity contribution in [2.24, 2.45) is 23.7 Å². The first kappa shape index (κ1) is 22.3. The van der Waals surface area contributed by atoms with Gasteiger partial charge >= 0.3 is 5.97 Å². The van der Waals surface area contributed by atoms with Crippen molar-refractivity contribution < 1.29 is 23.9 Å². The third-order valence-corrected chi connectivity index (χ3v) is 7.09. The fourth-order valence-electron chi connectivity index (χ4n) is 5.31. The van der Waals surface area contributed by atoms with Crippen LogP contribution in [0.5, 0.6) is 0 Å². The number of nitrogens with one attached hydrogen (secondary N) is 1. The molecule has 0 unspecified atom stereocenters. The van der Waals surface area contributed by atoms with Gasteiger partial charge in [0.05, 0.1) is 11.8 Å². The molecule has 8 heteroatoms. The summed E-state index contributed by atoms with van der Waals surface area (Å²) in [4.78, 5) is 53.2. The molecular formula is C26H23ClN2O5. The summed E-state index contributed by atoms with van der Waals surface area (Å²) in [6.07, 6.45) is 4.94. The zero-order chi connectivity index (χ0) is 23.8. The van der Waals surface area contributed by atoms with Crippen LogP contribution in [-0.2, 0) is 30.3 Å². The molecule has 1 N–H and O–H groups in total. The predicted molar refractivity (Wildman–Crippen MR) is 125 cm³/mol. The fraction of sp³-hybridized carbons (Fsp3) is 0.308. The molecule has 2 fully saturated rings. The summed E-state index contributed by atoms with van der Waals surface area (Å²) in [7, 11) is 0. The number of amides is 3. The molecule has 3 aliphatic rings. The van der Waals surface area contributed by atoms with E-state index < -0.39 is 36.4 Å². The molecule has 2 aromatic rings. The van der Waals surface area contributed by atoms with E-state index in [0.29, 0.717) is 10.7 Å². The minimum atomic E-state index is -1.13. The fourth-order valence-corrected chi connectivity index (χ4v) is 5.44. The van der Waals surface area contributed by atoms with Crippen LogP contribution in [0.3, 0.4) is 0 Å². The standard InChI is InChI=1S/C26H23ClN2O5/c27-18-8-10-19(11-9-18)28-21(30)14-34-26(33)20(12-15-4-2-1-3-5-15)29-24(31)22-16-6-7-17(13-16)23(22)25(29)32/h1-11,16-17,20,22-23H,12-14H2,(H,28,30)/t16-,17-,20-,22-,23+/m0/s1. The van der Waals surface area contributed by atoms with Gasteiger partial charge in [0.15, 0.2) is 6.61 Å². The van der Waals surface area contributed by atoms with E-state index in [9.17, 15) is 19.2 Å². The molecule has 1 saturated heterocycles. The Hall–Kier alpha value is -3.45. The van der Waals surface area contributed by atoms with Crippen LogP contribution in [-0.4, -0.2) is 41.2 Å². The van der Waals surface area contributed by atoms with Gasteiger partial charge < -0.3 is 10.1 Å². The summed E-state index contributed by atoms with van der Waals surface area (Å²) in [5.41, 5.74) is 1.29. The van der Waals surface area contributed by atoms with E-state index in [2.05, 4.69) is 5.32 Å². The Morgan fingerprint density at radius 2 is 1.59 bits per heavy atom. The summed E-state index contributed by atoms with van der Waals surface area (Å²) in [6, 6.07) is 14.5. The minimum absolute atomic E-state index is 0.0370. The molecule has 0 spiro atoms. The van der Waals surface area contributed by atoms with E-state index in [-0.39, 0.29) is 30.1 Å². The van der Waals surface area contributed by atoms with Crippen molar-refractivity contribution in [3.05, 3.63) is 77.3 Å². The monoisotopic (exact) mass is 478 g/mol. The largest absolute Gasteiger partial charge is 0.454 e. The first-order valence-corrected chi connectivity index (χ1v) is 11.6. The predicted octanol–water partition coefficient (Wildman–Crippen LogP) is 3.24. The number of likely N-dealkylation sites (tertiary alicyclic amines) is 1. The SMILES string of the molecule is O=C(COC(=O)[C@H](Cc1ccccc1)N1C(=O)[C@@H]2[C@H](C1=O)[C@H]1C=C[C@H]2C1)Nc1ccc(Cl)cc1. The van der Waals surface area contributed by atoms with Crippen molar-refractivity contribution in [2.75, 3.05) is 11.9 Å². The van der Waals surface area contributed by atoms with Crippen LogP contribution in [0.2, 0.25) is 5.02 Å². The number of hydrogen-bond donors (Lipinski definition) is 1. The highest BCUT2D eigenvalue weighted by atomic mass is 35.5. The Morgan fingerprint density at radius 1 is 0.971 bits per heavy atom. The first-order valence-electron chi connectivity index (χ1n) is 11.2. The highest BCUT2D eigenvalue weighted by molar-refractivity contribution is 6.30. The molecular weight excluding hydrogens is 456 g/mol. The Bertz CT molecular complexity index is 1130. The normalized spacial score (nSPS) is 25.4. The van der Waals surface area contributed by atoms with Crippen molar-refractivity contribution >= 4 is 41.0 Å². The summed E-state index contributed by atoms with van der Waals surface area (Å²) < 4.78 is 5.30. The quantitative estimate of drug-likeness (QED) is 0.374. The summed E-state index contributed by atoms with van der Waals surface area (Å²) >= 11 is 5.85. The molecule has 2 bridgehead atoms. The van der Waals surface area contributed by atoms with Crippen molar-refractivity contribution in [3.8, 4) is 0 Å². The van der Waals surface area contributed by atoms with Gasteiger partial charge in [-0.15, -0.1) is 0 Å². The van der Waals surface area contributed by atoms with E-state index in [1.807, 2.05) is 42.5 Å². The number of esters is 1. The zero-order valence-corrected chi connectivity index (χ0v) is 19.0. The number of ether oxygens (including phenoxy) is 1. The number of benzene rings is 2. The molecule has 3 amide bonds. The van der Waals surface area contributed by atoms with Gasteiger partial charge in [-0.3, -0.25) is 19.3 Å². The maximum Gasteiger partial charge on any atom is 0.330 e. The van der Waals surface area contributed by atoms with Crippen LogP contribution in [0.25, 0.3) is 0 Å². The summed E-state index contributed by atoms with van der Waals surface area (Å²) in [5.74, 6) is -2.72. The highest BCUT2D eigenvalue weighted by Crippen LogP contribution is 2.53. The molecule has 174 valence electrons. The lowest BCUT2D eigenvalue weighted by Gasteiger charge is -2.26. The first-order chi connectivity index (χ1) is 16.4. The average Bonchev–Trinajstić information content (AvgIpc) is 3.52. The second kappa shape index (κ2) is 9.06. The van der Waals surface area contributed by atoms with Gasteiger partial charge in [0, 0.05) is 17.1 Å². The van der Waals surface area contributed by atoms with Crippen molar-refractivity contribution in [2.45, 2.75) is 18.9 Å². The summed E-state index contributed by atoms with van der Waals surface area (Å²) in [6.45, 7) is -0.539. The molecule has 0 aromatic heterocycles. The van der Waals surface area contributed by atoms with Gasteiger partial charge in [-0.25, -0.2) is 4.79 Å². The van der Waals surface area contributed by atoms with Gasteiger partial charge in [-0.2, -0.15) is 0 Å². The third kappa shape index (κ3) is 4.12. The van der Waals surface area contributed by atoms with Gasteiger partial charge in [0.2, 0.25) is 11.8 Å². The molecule has 2 aromatic carbocycles. The highest BCUT2D eigenvalue weighted by Gasteiger charge is 2.61. The number of rotatable bonds is 7. The maximum atomic E-state index is 13.3. The maximum absolute atomic E-state index is 13.3. The second-order valence-corrected chi connectivity index (χ2v) is 9.35. The molecule has 5 rings (SSSR count). The lowest BCUT2D eigenvalue weighted by Crippen LogP contribution is -2.48. The van der Waals surface area contributed by atoms with Gasteiger partial charge in [-0.1, -0.05) is 54.1 Å². The molecule has 1 aliphatic heterocycles. The van der Waals surface area contributed by atoms with Crippen molar-refractivity contribution in [1.29, 1.82) is 0 Å². The Labute approximate surface area is 201 Å². The van der Waals surface area contributed by atoms with E-state index >= 15 is 0 Å². The van der Waals surface area contributed by atoms with Crippen LogP contribution in [0.4, 0.5) is 5.69 Å². The Balaban J connectivity index is 1.31. The molecule has 1 heterocycles. The van der Waals surface area contributed by atoms with E-state index in [1.165, 1.54) is 0 Å². The third-order valence-electron chi connectivity index (χ3n) is 6.83. The van der Waals surface area contributed by atoms with E-state index in [1.54, 1.807) is 24.3 Å². The number of hydrogen-bond acceptors (Lipinski definition) is 5. The van der Waals surface area contributed by atoms with Crippen LogP contribution in [0.1, 0.15) is 12.0 Å². The Morgan fingerprint density at radius 3 is 2.21 bits per heavy atom. The second-order valence-electron chi connectivity index (χ2n) is 8.91. The minimum Gasteiger partial charge on any atom is -0.454 e. The molecule has 7 nitrogen and oxygen atoms in total. The lowest BCUT2D eigenvalue weighted by atomic mass is 9.85. The number of anilines is 1. The molecule has 5 atom stereocenters. The smallest absolute Gasteiger partial charge is 0.330 e. The molecule has 34 heavy (non-hydrogen) atoms. The van der Waals surface area contributed by atoms with E-state index in [4.69, 9.17) is 16.3 Å². The topological polar surface area (TPSA) is 92.8 Å². The molecule has 1 saturated carbocycles. The number of carbonyl (C=O) groups excluding carboxylic acids is 4. The van der Waals surface area contributed by atoms with Crippen LogP contribution >= 0.6 is 11.6 Å². The van der Waals surface area contributed by atoms with Crippen LogP contribution < -0.4 is 5.32 Å².